The van der Waals surface area contributed by atoms with E-state index in [0.717, 1.165) is 6.92 Å². The summed E-state index contributed by atoms with van der Waals surface area (Å²) in [6.45, 7) is 2.74. The first-order valence-corrected chi connectivity index (χ1v) is 10.3. The van der Waals surface area contributed by atoms with Crippen LogP contribution in [0, 0.1) is 22.7 Å². The van der Waals surface area contributed by atoms with Gasteiger partial charge in [-0.05, 0) is 50.5 Å². The van der Waals surface area contributed by atoms with Gasteiger partial charge in [-0.3, -0.25) is 4.79 Å². The Morgan fingerprint density at radius 1 is 1.03 bits per heavy atom. The molecule has 0 heterocycles. The van der Waals surface area contributed by atoms with Gasteiger partial charge < -0.3 is 10.2 Å². The lowest BCUT2D eigenvalue weighted by Crippen LogP contribution is -2.71. The molecule has 4 aliphatic carbocycles. The predicted octanol–water partition coefficient (Wildman–Crippen LogP) is 4.51. The molecule has 0 radical (unpaired) electrons. The van der Waals surface area contributed by atoms with Gasteiger partial charge in [-0.25, -0.2) is 4.39 Å². The van der Waals surface area contributed by atoms with Gasteiger partial charge in [0, 0.05) is 23.2 Å². The smallest absolute Gasteiger partial charge is 0.390 e. The van der Waals surface area contributed by atoms with Crippen LogP contribution in [0.5, 0.6) is 0 Å². The monoisotopic (exact) mass is 440 g/mol. The Bertz CT molecular complexity index is 809. The quantitative estimate of drug-likeness (QED) is 0.590. The number of alkyl halides is 6. The molecule has 3 fully saturated rings. The minimum atomic E-state index is -5.97. The molecule has 0 aromatic carbocycles. The standard InChI is InChI=1S/C21H26F6O3/c1-16-7-5-12(28)9-11(16)3-4-14-13-6-8-18(30,20(23,24)21(25,26)27)17(13,2)10-15(29)19(14,16)22/h9,13-15,29-30H,3-8,10H2,1-2H3/t13-,14-,15?,16-,17-,18?,19+/m0/s1. The third kappa shape index (κ3) is 2.29. The summed E-state index contributed by atoms with van der Waals surface area (Å²) in [6.07, 6.45) is -7.45. The van der Waals surface area contributed by atoms with Gasteiger partial charge in [-0.15, -0.1) is 0 Å². The number of carbonyl (C=O) groups excluding carboxylic acids is 1. The van der Waals surface area contributed by atoms with Crippen molar-refractivity contribution in [2.75, 3.05) is 0 Å². The Morgan fingerprint density at radius 3 is 2.27 bits per heavy atom. The van der Waals surface area contributed by atoms with Gasteiger partial charge in [0.05, 0.1) is 6.10 Å². The highest BCUT2D eigenvalue weighted by molar-refractivity contribution is 5.91. The summed E-state index contributed by atoms with van der Waals surface area (Å²) in [7, 11) is 0. The molecule has 0 aliphatic heterocycles. The van der Waals surface area contributed by atoms with Crippen molar-refractivity contribution in [2.45, 2.75) is 88.3 Å². The number of allylic oxidation sites excluding steroid dienone is 1. The maximum Gasteiger partial charge on any atom is 0.456 e. The van der Waals surface area contributed by atoms with Gasteiger partial charge in [0.25, 0.3) is 0 Å². The van der Waals surface area contributed by atoms with E-state index < -0.39 is 65.0 Å². The molecule has 0 amide bonds. The van der Waals surface area contributed by atoms with Crippen molar-refractivity contribution in [3.63, 3.8) is 0 Å². The second-order valence-electron chi connectivity index (χ2n) is 10.1. The molecule has 2 unspecified atom stereocenters. The molecule has 4 rings (SSSR count). The van der Waals surface area contributed by atoms with Crippen LogP contribution in [0.15, 0.2) is 11.6 Å². The predicted molar refractivity (Wildman–Crippen MR) is 94.4 cm³/mol. The van der Waals surface area contributed by atoms with Gasteiger partial charge in [0.15, 0.2) is 5.78 Å². The van der Waals surface area contributed by atoms with Gasteiger partial charge >= 0.3 is 12.1 Å². The zero-order chi connectivity index (χ0) is 22.5. The summed E-state index contributed by atoms with van der Waals surface area (Å²) in [6, 6.07) is 0. The van der Waals surface area contributed by atoms with Crippen LogP contribution in [0.4, 0.5) is 26.3 Å². The number of hydrogen-bond acceptors (Lipinski definition) is 3. The fourth-order valence-electron chi connectivity index (χ4n) is 7.33. The Hall–Kier alpha value is -1.09. The van der Waals surface area contributed by atoms with E-state index in [1.54, 1.807) is 6.92 Å². The fourth-order valence-corrected chi connectivity index (χ4v) is 7.33. The number of rotatable bonds is 1. The average Bonchev–Trinajstić information content (AvgIpc) is 2.89. The number of hydrogen-bond donors (Lipinski definition) is 2. The zero-order valence-corrected chi connectivity index (χ0v) is 16.8. The largest absolute Gasteiger partial charge is 0.456 e. The molecule has 0 saturated heterocycles. The van der Waals surface area contributed by atoms with Crippen LogP contribution >= 0.6 is 0 Å². The Balaban J connectivity index is 1.81. The van der Waals surface area contributed by atoms with E-state index in [0.29, 0.717) is 12.0 Å². The molecular formula is C21H26F6O3. The number of halogens is 6. The Kier molecular flexibility index (Phi) is 4.44. The highest BCUT2D eigenvalue weighted by Gasteiger charge is 2.81. The van der Waals surface area contributed by atoms with Gasteiger partial charge in [0.1, 0.15) is 11.3 Å². The van der Waals surface area contributed by atoms with Crippen molar-refractivity contribution in [1.82, 2.24) is 0 Å². The summed E-state index contributed by atoms with van der Waals surface area (Å²) < 4.78 is 85.3. The molecular weight excluding hydrogens is 414 g/mol. The minimum Gasteiger partial charge on any atom is -0.390 e. The molecule has 0 spiro atoms. The van der Waals surface area contributed by atoms with Crippen molar-refractivity contribution < 1.29 is 41.4 Å². The second kappa shape index (κ2) is 6.03. The maximum atomic E-state index is 16.8. The van der Waals surface area contributed by atoms with E-state index >= 15 is 4.39 Å². The summed E-state index contributed by atoms with van der Waals surface area (Å²) in [5.74, 6) is -7.46. The third-order valence-electron chi connectivity index (χ3n) is 9.07. The van der Waals surface area contributed by atoms with Crippen LogP contribution in [-0.4, -0.2) is 45.5 Å². The van der Waals surface area contributed by atoms with Gasteiger partial charge in [-0.1, -0.05) is 19.4 Å². The Labute approximate surface area is 170 Å². The first-order valence-electron chi connectivity index (χ1n) is 10.3. The van der Waals surface area contributed by atoms with E-state index in [2.05, 4.69) is 0 Å². The van der Waals surface area contributed by atoms with Gasteiger partial charge in [0.2, 0.25) is 0 Å². The SMILES string of the molecule is C[C@]12CC(O)[C@]3(F)[C@@H](CCC4=CC(=O)CC[C@@]43C)[C@@H]1CCC2(O)C(F)(F)C(F)(F)F. The van der Waals surface area contributed by atoms with Crippen molar-refractivity contribution in [3.05, 3.63) is 11.6 Å². The Morgan fingerprint density at radius 2 is 1.67 bits per heavy atom. The normalized spacial score (nSPS) is 49.2. The number of carbonyl (C=O) groups is 1. The number of fused-ring (bicyclic) bond motifs is 5. The fraction of sp³-hybridized carbons (Fsp3) is 0.857. The van der Waals surface area contributed by atoms with Crippen molar-refractivity contribution in [2.24, 2.45) is 22.7 Å². The molecule has 30 heavy (non-hydrogen) atoms. The van der Waals surface area contributed by atoms with Gasteiger partial charge in [-0.2, -0.15) is 22.0 Å². The lowest BCUT2D eigenvalue weighted by Gasteiger charge is -2.64. The van der Waals surface area contributed by atoms with Crippen molar-refractivity contribution >= 4 is 5.78 Å². The van der Waals surface area contributed by atoms with E-state index in [-0.39, 0.29) is 31.5 Å². The third-order valence-corrected chi connectivity index (χ3v) is 9.07. The summed E-state index contributed by atoms with van der Waals surface area (Å²) in [5.41, 5.74) is -8.33. The van der Waals surface area contributed by atoms with Crippen molar-refractivity contribution in [3.8, 4) is 0 Å². The average molecular weight is 440 g/mol. The lowest BCUT2D eigenvalue weighted by molar-refractivity contribution is -0.368. The highest BCUT2D eigenvalue weighted by atomic mass is 19.4. The molecule has 4 aliphatic rings. The van der Waals surface area contributed by atoms with Crippen LogP contribution in [0.2, 0.25) is 0 Å². The lowest BCUT2D eigenvalue weighted by atomic mass is 9.43. The molecule has 7 atom stereocenters. The molecule has 170 valence electrons. The van der Waals surface area contributed by atoms with E-state index in [1.165, 1.54) is 6.08 Å². The summed E-state index contributed by atoms with van der Waals surface area (Å²) >= 11 is 0. The number of ketones is 1. The molecule has 0 aromatic heterocycles. The van der Waals surface area contributed by atoms with Crippen LogP contribution in [0.1, 0.15) is 58.8 Å². The van der Waals surface area contributed by atoms with Crippen LogP contribution in [-0.2, 0) is 4.79 Å². The number of aliphatic hydroxyl groups is 2. The van der Waals surface area contributed by atoms with E-state index in [9.17, 15) is 37.0 Å². The molecule has 3 saturated carbocycles. The number of aliphatic hydroxyl groups excluding tert-OH is 1. The first kappa shape index (κ1) is 22.1. The van der Waals surface area contributed by atoms with Crippen molar-refractivity contribution in [1.29, 1.82) is 0 Å². The topological polar surface area (TPSA) is 57.5 Å². The molecule has 2 N–H and O–H groups in total. The summed E-state index contributed by atoms with van der Waals surface area (Å²) in [5, 5.41) is 21.7. The second-order valence-corrected chi connectivity index (χ2v) is 10.1. The first-order chi connectivity index (χ1) is 13.6. The highest BCUT2D eigenvalue weighted by Crippen LogP contribution is 2.72. The van der Waals surface area contributed by atoms with Crippen LogP contribution < -0.4 is 0 Å². The summed E-state index contributed by atoms with van der Waals surface area (Å²) in [4.78, 5) is 11.8. The minimum absolute atomic E-state index is 0.0864. The van der Waals surface area contributed by atoms with Crippen LogP contribution in [0.25, 0.3) is 0 Å². The zero-order valence-electron chi connectivity index (χ0n) is 16.8. The van der Waals surface area contributed by atoms with E-state index in [1.807, 2.05) is 0 Å². The van der Waals surface area contributed by atoms with E-state index in [4.69, 9.17) is 0 Å². The molecule has 0 bridgehead atoms. The maximum absolute atomic E-state index is 16.8. The van der Waals surface area contributed by atoms with Crippen LogP contribution in [0.3, 0.4) is 0 Å². The molecule has 9 heteroatoms. The molecule has 3 nitrogen and oxygen atoms in total. The molecule has 0 aromatic rings.